The van der Waals surface area contributed by atoms with Crippen LogP contribution in [0.3, 0.4) is 0 Å². The van der Waals surface area contributed by atoms with Gasteiger partial charge in [0.25, 0.3) is 0 Å². The molecule has 2 heterocycles. The molecule has 9 heteroatoms. The summed E-state index contributed by atoms with van der Waals surface area (Å²) in [7, 11) is -3.29. The van der Waals surface area contributed by atoms with E-state index in [9.17, 15) is 13.2 Å². The van der Waals surface area contributed by atoms with Crippen molar-refractivity contribution in [3.63, 3.8) is 0 Å². The summed E-state index contributed by atoms with van der Waals surface area (Å²) in [6.07, 6.45) is 4.22. The van der Waals surface area contributed by atoms with E-state index in [1.165, 1.54) is 10.6 Å². The average molecular weight is 358 g/mol. The summed E-state index contributed by atoms with van der Waals surface area (Å²) in [4.78, 5) is 16.0. The lowest BCUT2D eigenvalue weighted by Crippen LogP contribution is -2.30. The van der Waals surface area contributed by atoms with Crippen LogP contribution in [0.5, 0.6) is 0 Å². The van der Waals surface area contributed by atoms with Crippen molar-refractivity contribution in [1.82, 2.24) is 19.8 Å². The van der Waals surface area contributed by atoms with E-state index in [1.807, 2.05) is 0 Å². The molecule has 0 aromatic carbocycles. The fourth-order valence-corrected chi connectivity index (χ4v) is 3.83. The van der Waals surface area contributed by atoms with Crippen molar-refractivity contribution in [3.05, 3.63) is 11.7 Å². The van der Waals surface area contributed by atoms with E-state index in [4.69, 9.17) is 4.52 Å². The predicted molar refractivity (Wildman–Crippen MR) is 88.6 cm³/mol. The molecule has 1 aromatic rings. The van der Waals surface area contributed by atoms with Crippen LogP contribution in [0.4, 0.5) is 0 Å². The van der Waals surface area contributed by atoms with Gasteiger partial charge in [-0.05, 0) is 25.2 Å². The van der Waals surface area contributed by atoms with Crippen LogP contribution in [0, 0.1) is 5.92 Å². The van der Waals surface area contributed by atoms with Gasteiger partial charge in [-0.2, -0.15) is 9.29 Å². The van der Waals surface area contributed by atoms with Crippen LogP contribution >= 0.6 is 0 Å². The summed E-state index contributed by atoms with van der Waals surface area (Å²) >= 11 is 0. The van der Waals surface area contributed by atoms with Gasteiger partial charge in [0, 0.05) is 25.9 Å². The molecule has 0 saturated carbocycles. The van der Waals surface area contributed by atoms with E-state index in [0.29, 0.717) is 43.6 Å². The Kier molecular flexibility index (Phi) is 6.34. The third kappa shape index (κ3) is 5.27. The third-order valence-corrected chi connectivity index (χ3v) is 5.31. The SMILES string of the molecule is CC(C)CCNC(=O)CCc1nc(C2CCCN2S(C)(=O)=O)no1. The molecule has 0 radical (unpaired) electrons. The number of carbonyl (C=O) groups excluding carboxylic acids is 1. The fourth-order valence-electron chi connectivity index (χ4n) is 2.71. The Balaban J connectivity index is 1.86. The summed E-state index contributed by atoms with van der Waals surface area (Å²) < 4.78 is 30.1. The highest BCUT2D eigenvalue weighted by molar-refractivity contribution is 7.88. The normalized spacial score (nSPS) is 19.1. The van der Waals surface area contributed by atoms with E-state index < -0.39 is 10.0 Å². The molecule has 1 aliphatic heterocycles. The second kappa shape index (κ2) is 8.06. The van der Waals surface area contributed by atoms with Crippen LogP contribution in [-0.2, 0) is 21.2 Å². The quantitative estimate of drug-likeness (QED) is 0.750. The van der Waals surface area contributed by atoms with Crippen LogP contribution in [0.1, 0.15) is 57.3 Å². The molecule has 0 bridgehead atoms. The summed E-state index contributed by atoms with van der Waals surface area (Å²) in [6.45, 7) is 5.35. The molecule has 1 aromatic heterocycles. The van der Waals surface area contributed by atoms with Gasteiger partial charge in [0.2, 0.25) is 21.8 Å². The van der Waals surface area contributed by atoms with Gasteiger partial charge in [-0.1, -0.05) is 19.0 Å². The van der Waals surface area contributed by atoms with Crippen molar-refractivity contribution >= 4 is 15.9 Å². The Morgan fingerprint density at radius 3 is 2.88 bits per heavy atom. The van der Waals surface area contributed by atoms with Crippen molar-refractivity contribution in [1.29, 1.82) is 0 Å². The summed E-state index contributed by atoms with van der Waals surface area (Å²) in [6, 6.07) is -0.364. The van der Waals surface area contributed by atoms with Crippen LogP contribution in [-0.4, -0.2) is 48.1 Å². The third-order valence-electron chi connectivity index (χ3n) is 4.02. The molecule has 136 valence electrons. The molecule has 24 heavy (non-hydrogen) atoms. The molecule has 2 rings (SSSR count). The zero-order valence-electron chi connectivity index (χ0n) is 14.5. The van der Waals surface area contributed by atoms with Crippen LogP contribution < -0.4 is 5.32 Å². The first kappa shape index (κ1) is 18.9. The van der Waals surface area contributed by atoms with Gasteiger partial charge in [0.1, 0.15) is 0 Å². The number of nitrogens with zero attached hydrogens (tertiary/aromatic N) is 3. The first-order chi connectivity index (χ1) is 11.3. The van der Waals surface area contributed by atoms with E-state index in [1.54, 1.807) is 0 Å². The van der Waals surface area contributed by atoms with E-state index >= 15 is 0 Å². The van der Waals surface area contributed by atoms with Gasteiger partial charge in [0.05, 0.1) is 12.3 Å². The lowest BCUT2D eigenvalue weighted by Gasteiger charge is -2.18. The zero-order valence-corrected chi connectivity index (χ0v) is 15.3. The standard InChI is InChI=1S/C15H26N4O4S/c1-11(2)8-9-16-13(20)6-7-14-17-15(18-23-14)12-5-4-10-19(12)24(3,21)22/h11-12H,4-10H2,1-3H3,(H,16,20). The van der Waals surface area contributed by atoms with Crippen molar-refractivity contribution in [2.45, 2.75) is 52.0 Å². The lowest BCUT2D eigenvalue weighted by molar-refractivity contribution is -0.121. The van der Waals surface area contributed by atoms with Crippen LogP contribution in [0.2, 0.25) is 0 Å². The lowest BCUT2D eigenvalue weighted by atomic mass is 10.1. The van der Waals surface area contributed by atoms with Crippen LogP contribution in [0.15, 0.2) is 4.52 Å². The van der Waals surface area contributed by atoms with Crippen LogP contribution in [0.25, 0.3) is 0 Å². The molecule has 1 saturated heterocycles. The number of hydrogen-bond acceptors (Lipinski definition) is 6. The molecule has 1 atom stereocenters. The monoisotopic (exact) mass is 358 g/mol. The fraction of sp³-hybridized carbons (Fsp3) is 0.800. The largest absolute Gasteiger partial charge is 0.356 e. The number of aryl methyl sites for hydroxylation is 1. The number of hydrogen-bond donors (Lipinski definition) is 1. The molecular weight excluding hydrogens is 332 g/mol. The predicted octanol–water partition coefficient (Wildman–Crippen LogP) is 1.26. The molecule has 0 aliphatic carbocycles. The summed E-state index contributed by atoms with van der Waals surface area (Å²) in [5.41, 5.74) is 0. The van der Waals surface area contributed by atoms with Crippen molar-refractivity contribution < 1.29 is 17.7 Å². The number of rotatable bonds is 8. The van der Waals surface area contributed by atoms with Gasteiger partial charge in [-0.3, -0.25) is 4.79 Å². The zero-order chi connectivity index (χ0) is 17.7. The Labute approximate surface area is 143 Å². The molecule has 0 spiro atoms. The smallest absolute Gasteiger partial charge is 0.227 e. The molecule has 1 N–H and O–H groups in total. The maximum Gasteiger partial charge on any atom is 0.227 e. The molecular formula is C15H26N4O4S. The number of aromatic nitrogens is 2. The Bertz CT molecular complexity index is 656. The minimum Gasteiger partial charge on any atom is -0.356 e. The molecule has 1 unspecified atom stereocenters. The van der Waals surface area contributed by atoms with Gasteiger partial charge >= 0.3 is 0 Å². The highest BCUT2D eigenvalue weighted by atomic mass is 32.2. The van der Waals surface area contributed by atoms with Crippen molar-refractivity contribution in [3.8, 4) is 0 Å². The van der Waals surface area contributed by atoms with E-state index in [2.05, 4.69) is 29.3 Å². The average Bonchev–Trinajstić information content (AvgIpc) is 3.12. The number of nitrogens with one attached hydrogen (secondary N) is 1. The second-order valence-electron chi connectivity index (χ2n) is 6.61. The maximum atomic E-state index is 11.8. The first-order valence-electron chi connectivity index (χ1n) is 8.33. The topological polar surface area (TPSA) is 105 Å². The first-order valence-corrected chi connectivity index (χ1v) is 10.2. The Morgan fingerprint density at radius 1 is 1.46 bits per heavy atom. The summed E-state index contributed by atoms with van der Waals surface area (Å²) in [5.74, 6) is 1.25. The maximum absolute atomic E-state index is 11.8. The molecule has 1 amide bonds. The Hall–Kier alpha value is -1.48. The highest BCUT2D eigenvalue weighted by Crippen LogP contribution is 2.32. The van der Waals surface area contributed by atoms with Gasteiger partial charge in [-0.25, -0.2) is 8.42 Å². The number of amides is 1. The molecule has 8 nitrogen and oxygen atoms in total. The Morgan fingerprint density at radius 2 is 2.21 bits per heavy atom. The minimum atomic E-state index is -3.29. The minimum absolute atomic E-state index is 0.0472. The van der Waals surface area contributed by atoms with Crippen molar-refractivity contribution in [2.75, 3.05) is 19.3 Å². The second-order valence-corrected chi connectivity index (χ2v) is 8.55. The van der Waals surface area contributed by atoms with Gasteiger partial charge in [0.15, 0.2) is 5.82 Å². The van der Waals surface area contributed by atoms with Gasteiger partial charge in [-0.15, -0.1) is 0 Å². The molecule has 1 fully saturated rings. The molecule has 1 aliphatic rings. The van der Waals surface area contributed by atoms with E-state index in [0.717, 1.165) is 12.8 Å². The highest BCUT2D eigenvalue weighted by Gasteiger charge is 2.35. The van der Waals surface area contributed by atoms with Crippen molar-refractivity contribution in [2.24, 2.45) is 5.92 Å². The number of carbonyl (C=O) groups is 1. The summed E-state index contributed by atoms with van der Waals surface area (Å²) in [5, 5.41) is 6.76. The number of sulfonamides is 1. The van der Waals surface area contributed by atoms with Gasteiger partial charge < -0.3 is 9.84 Å². The van der Waals surface area contributed by atoms with E-state index in [-0.39, 0.29) is 18.4 Å².